The van der Waals surface area contributed by atoms with Gasteiger partial charge in [-0.3, -0.25) is 0 Å². The van der Waals surface area contributed by atoms with Crippen LogP contribution in [0.3, 0.4) is 0 Å². The third-order valence-electron chi connectivity index (χ3n) is 2.24. The van der Waals surface area contributed by atoms with Crippen LogP contribution in [-0.2, 0) is 14.8 Å². The minimum atomic E-state index is -3.61. The van der Waals surface area contributed by atoms with E-state index in [9.17, 15) is 8.42 Å². The van der Waals surface area contributed by atoms with Crippen molar-refractivity contribution in [3.8, 4) is 0 Å². The Kier molecular flexibility index (Phi) is 6.20. The first-order valence-electron chi connectivity index (χ1n) is 6.27. The fourth-order valence-electron chi connectivity index (χ4n) is 1.47. The summed E-state index contributed by atoms with van der Waals surface area (Å²) in [5, 5.41) is 2.99. The van der Waals surface area contributed by atoms with Gasteiger partial charge in [0, 0.05) is 19.3 Å². The summed E-state index contributed by atoms with van der Waals surface area (Å²) in [6, 6.07) is 3.38. The molecule has 0 aliphatic carbocycles. The number of rotatable bonds is 8. The fraction of sp³-hybridized carbons (Fsp3) is 0.583. The monoisotopic (exact) mass is 287 g/mol. The molecule has 19 heavy (non-hydrogen) atoms. The zero-order valence-electron chi connectivity index (χ0n) is 11.5. The zero-order chi connectivity index (χ0) is 14.3. The van der Waals surface area contributed by atoms with Crippen LogP contribution < -0.4 is 10.0 Å². The van der Waals surface area contributed by atoms with Crippen molar-refractivity contribution in [2.45, 2.75) is 31.9 Å². The highest BCUT2D eigenvalue weighted by Gasteiger charge is 2.19. The first-order chi connectivity index (χ1) is 8.97. The molecular weight excluding hydrogens is 266 g/mol. The first kappa shape index (κ1) is 15.9. The smallest absolute Gasteiger partial charge is 0.260 e. The number of pyridine rings is 1. The molecule has 108 valence electrons. The number of anilines is 1. The van der Waals surface area contributed by atoms with E-state index in [1.807, 2.05) is 20.8 Å². The first-order valence-corrected chi connectivity index (χ1v) is 7.76. The van der Waals surface area contributed by atoms with Gasteiger partial charge in [-0.2, -0.15) is 0 Å². The van der Waals surface area contributed by atoms with Gasteiger partial charge in [-0.25, -0.2) is 18.1 Å². The quantitative estimate of drug-likeness (QED) is 0.703. The van der Waals surface area contributed by atoms with Gasteiger partial charge in [0.1, 0.15) is 0 Å². The zero-order valence-corrected chi connectivity index (χ0v) is 12.3. The molecule has 0 aliphatic heterocycles. The number of ether oxygens (including phenoxy) is 1. The molecule has 0 unspecified atom stereocenters. The van der Waals surface area contributed by atoms with Gasteiger partial charge >= 0.3 is 0 Å². The highest BCUT2D eigenvalue weighted by molar-refractivity contribution is 7.89. The maximum absolute atomic E-state index is 12.1. The number of nitrogens with one attached hydrogen (secondary N) is 2. The Morgan fingerprint density at radius 3 is 2.79 bits per heavy atom. The Morgan fingerprint density at radius 2 is 2.16 bits per heavy atom. The van der Waals surface area contributed by atoms with Gasteiger partial charge in [-0.15, -0.1) is 0 Å². The van der Waals surface area contributed by atoms with Crippen molar-refractivity contribution < 1.29 is 13.2 Å². The molecule has 0 fully saturated rings. The molecule has 0 aliphatic rings. The number of hydrogen-bond acceptors (Lipinski definition) is 5. The SMILES string of the molecule is CCNc1cccnc1S(=O)(=O)NCCOC(C)C. The summed E-state index contributed by atoms with van der Waals surface area (Å²) >= 11 is 0. The van der Waals surface area contributed by atoms with Gasteiger partial charge in [0.25, 0.3) is 10.0 Å². The lowest BCUT2D eigenvalue weighted by atomic mass is 10.4. The summed E-state index contributed by atoms with van der Waals surface area (Å²) in [5.74, 6) is 0. The van der Waals surface area contributed by atoms with Gasteiger partial charge in [-0.05, 0) is 32.9 Å². The van der Waals surface area contributed by atoms with Crippen LogP contribution in [0.1, 0.15) is 20.8 Å². The maximum atomic E-state index is 12.1. The third kappa shape index (κ3) is 5.14. The second kappa shape index (κ2) is 7.42. The van der Waals surface area contributed by atoms with Crippen molar-refractivity contribution in [3.05, 3.63) is 18.3 Å². The third-order valence-corrected chi connectivity index (χ3v) is 3.66. The van der Waals surface area contributed by atoms with E-state index < -0.39 is 10.0 Å². The van der Waals surface area contributed by atoms with Crippen molar-refractivity contribution in [1.82, 2.24) is 9.71 Å². The lowest BCUT2D eigenvalue weighted by Gasteiger charge is -2.12. The molecule has 2 N–H and O–H groups in total. The molecule has 0 aromatic carbocycles. The van der Waals surface area contributed by atoms with E-state index in [4.69, 9.17) is 4.74 Å². The lowest BCUT2D eigenvalue weighted by molar-refractivity contribution is 0.0834. The average molecular weight is 287 g/mol. The summed E-state index contributed by atoms with van der Waals surface area (Å²) < 4.78 is 32.0. The molecule has 7 heteroatoms. The van der Waals surface area contributed by atoms with Crippen LogP contribution >= 0.6 is 0 Å². The van der Waals surface area contributed by atoms with Gasteiger partial charge in [0.05, 0.1) is 18.4 Å². The molecule has 6 nitrogen and oxygen atoms in total. The van der Waals surface area contributed by atoms with Crippen molar-refractivity contribution in [2.24, 2.45) is 0 Å². The molecular formula is C12H21N3O3S. The van der Waals surface area contributed by atoms with Crippen LogP contribution in [0.2, 0.25) is 0 Å². The van der Waals surface area contributed by atoms with Crippen molar-refractivity contribution >= 4 is 15.7 Å². The van der Waals surface area contributed by atoms with Crippen LogP contribution in [0, 0.1) is 0 Å². The molecule has 0 saturated heterocycles. The minimum absolute atomic E-state index is 0.0152. The second-order valence-electron chi connectivity index (χ2n) is 4.20. The van der Waals surface area contributed by atoms with E-state index >= 15 is 0 Å². The summed E-state index contributed by atoms with van der Waals surface area (Å²) in [5.41, 5.74) is 0.502. The van der Waals surface area contributed by atoms with E-state index in [0.29, 0.717) is 18.8 Å². The summed E-state index contributed by atoms with van der Waals surface area (Å²) in [4.78, 5) is 3.93. The van der Waals surface area contributed by atoms with E-state index in [2.05, 4.69) is 15.0 Å². The Hall–Kier alpha value is -1.18. The molecule has 0 radical (unpaired) electrons. The predicted octanol–water partition coefficient (Wildman–Crippen LogP) is 1.22. The van der Waals surface area contributed by atoms with Gasteiger partial charge < -0.3 is 10.1 Å². The Bertz CT molecular complexity index is 489. The number of nitrogens with zero attached hydrogens (tertiary/aromatic N) is 1. The van der Waals surface area contributed by atoms with Gasteiger partial charge in [0.15, 0.2) is 5.03 Å². The number of hydrogen-bond donors (Lipinski definition) is 2. The van der Waals surface area contributed by atoms with Crippen molar-refractivity contribution in [1.29, 1.82) is 0 Å². The molecule has 0 amide bonds. The van der Waals surface area contributed by atoms with Crippen molar-refractivity contribution in [3.63, 3.8) is 0 Å². The average Bonchev–Trinajstić information content (AvgIpc) is 2.35. The van der Waals surface area contributed by atoms with Gasteiger partial charge in [-0.1, -0.05) is 0 Å². The van der Waals surface area contributed by atoms with Crippen LogP contribution in [0.15, 0.2) is 23.4 Å². The number of aromatic nitrogens is 1. The van der Waals surface area contributed by atoms with Crippen LogP contribution in [-0.4, -0.2) is 39.2 Å². The molecule has 0 spiro atoms. The fourth-order valence-corrected chi connectivity index (χ4v) is 2.59. The Morgan fingerprint density at radius 1 is 1.42 bits per heavy atom. The number of sulfonamides is 1. The molecule has 1 rings (SSSR count). The summed E-state index contributed by atoms with van der Waals surface area (Å²) in [6.07, 6.45) is 1.54. The van der Waals surface area contributed by atoms with Crippen molar-refractivity contribution in [2.75, 3.05) is 25.0 Å². The highest BCUT2D eigenvalue weighted by atomic mass is 32.2. The molecule has 1 aromatic heterocycles. The molecule has 0 atom stereocenters. The topological polar surface area (TPSA) is 80.3 Å². The molecule has 1 aromatic rings. The van der Waals surface area contributed by atoms with E-state index in [0.717, 1.165) is 0 Å². The highest BCUT2D eigenvalue weighted by Crippen LogP contribution is 2.17. The van der Waals surface area contributed by atoms with Gasteiger partial charge in [0.2, 0.25) is 0 Å². The van der Waals surface area contributed by atoms with Crippen LogP contribution in [0.5, 0.6) is 0 Å². The standard InChI is InChI=1S/C12H21N3O3S/c1-4-13-11-6-5-7-14-12(11)19(16,17)15-8-9-18-10(2)3/h5-7,10,13,15H,4,8-9H2,1-3H3. The second-order valence-corrected chi connectivity index (χ2v) is 5.89. The Balaban J connectivity index is 2.71. The van der Waals surface area contributed by atoms with E-state index in [1.165, 1.54) is 6.20 Å². The predicted molar refractivity (Wildman–Crippen MR) is 74.7 cm³/mol. The molecule has 0 bridgehead atoms. The van der Waals surface area contributed by atoms with E-state index in [-0.39, 0.29) is 17.7 Å². The molecule has 1 heterocycles. The summed E-state index contributed by atoms with van der Waals surface area (Å²) in [7, 11) is -3.61. The van der Waals surface area contributed by atoms with Crippen LogP contribution in [0.4, 0.5) is 5.69 Å². The Labute approximate surface area is 114 Å². The van der Waals surface area contributed by atoms with E-state index in [1.54, 1.807) is 12.1 Å². The molecule has 0 saturated carbocycles. The summed E-state index contributed by atoms with van der Waals surface area (Å²) in [6.45, 7) is 6.88. The lowest BCUT2D eigenvalue weighted by Crippen LogP contribution is -2.29. The largest absolute Gasteiger partial charge is 0.383 e. The minimum Gasteiger partial charge on any atom is -0.383 e. The normalized spacial score (nSPS) is 11.8. The maximum Gasteiger partial charge on any atom is 0.260 e. The van der Waals surface area contributed by atoms with Crippen LogP contribution in [0.25, 0.3) is 0 Å².